The molecule has 208 valence electrons. The number of aromatic nitrogens is 2. The van der Waals surface area contributed by atoms with Crippen LogP contribution in [0.25, 0.3) is 10.4 Å². The molecule has 0 aliphatic carbocycles. The van der Waals surface area contributed by atoms with Crippen LogP contribution in [0.2, 0.25) is 0 Å². The summed E-state index contributed by atoms with van der Waals surface area (Å²) >= 11 is 1.29. The molecule has 1 fully saturated rings. The van der Waals surface area contributed by atoms with Gasteiger partial charge in [-0.15, -0.1) is 11.3 Å². The van der Waals surface area contributed by atoms with Crippen molar-refractivity contribution in [1.29, 1.82) is 0 Å². The van der Waals surface area contributed by atoms with Crippen LogP contribution in [-0.4, -0.2) is 54.1 Å². The quantitative estimate of drug-likeness (QED) is 0.110. The van der Waals surface area contributed by atoms with Gasteiger partial charge in [0.25, 0.3) is 5.69 Å². The lowest BCUT2D eigenvalue weighted by Crippen LogP contribution is -2.63. The Kier molecular flexibility index (Phi) is 6.51. The molecule has 4 aromatic rings. The van der Waals surface area contributed by atoms with Crippen LogP contribution in [0, 0.1) is 22.0 Å². The van der Waals surface area contributed by atoms with Crippen LogP contribution in [0.1, 0.15) is 40.3 Å². The van der Waals surface area contributed by atoms with Gasteiger partial charge in [-0.05, 0) is 24.6 Å². The molecule has 2 aliphatic rings. The first-order chi connectivity index (χ1) is 19.7. The number of β-lactam (4-membered cyclic amide) rings is 1. The first-order valence-electron chi connectivity index (χ1n) is 12.9. The Hall–Kier alpha value is -4.68. The van der Waals surface area contributed by atoms with Gasteiger partial charge in [0.2, 0.25) is 11.7 Å². The maximum atomic E-state index is 13.5. The van der Waals surface area contributed by atoms with E-state index >= 15 is 0 Å². The molecule has 1 saturated heterocycles. The second-order valence-corrected chi connectivity index (χ2v) is 11.1. The molecular formula is C29H24N4O7S. The Bertz CT molecular complexity index is 1740. The van der Waals surface area contributed by atoms with Gasteiger partial charge in [-0.1, -0.05) is 37.3 Å². The van der Waals surface area contributed by atoms with Gasteiger partial charge < -0.3 is 14.7 Å². The molecule has 2 aromatic heterocycles. The number of benzene rings is 2. The Morgan fingerprint density at radius 2 is 1.88 bits per heavy atom. The Balaban J connectivity index is 1.36. The minimum atomic E-state index is -0.902. The number of nitrogens with zero attached hydrogens (tertiary/aromatic N) is 4. The van der Waals surface area contributed by atoms with Gasteiger partial charge >= 0.3 is 5.97 Å². The molecule has 12 heteroatoms. The number of nitro benzene ring substituents is 1. The zero-order valence-corrected chi connectivity index (χ0v) is 22.8. The molecule has 0 saturated carbocycles. The highest BCUT2D eigenvalue weighted by molar-refractivity contribution is 7.18. The summed E-state index contributed by atoms with van der Waals surface area (Å²) in [6, 6.07) is 14.0. The zero-order chi connectivity index (χ0) is 29.0. The van der Waals surface area contributed by atoms with Crippen molar-refractivity contribution in [2.75, 3.05) is 0 Å². The highest BCUT2D eigenvalue weighted by atomic mass is 32.1. The summed E-state index contributed by atoms with van der Waals surface area (Å²) in [7, 11) is 0. The number of aliphatic hydroxyl groups is 1. The maximum absolute atomic E-state index is 13.5. The number of non-ortho nitro benzene ring substituents is 1. The topological polar surface area (TPSA) is 144 Å². The number of rotatable bonds is 8. The Morgan fingerprint density at radius 1 is 1.17 bits per heavy atom. The number of ether oxygens (including phenoxy) is 1. The molecule has 0 spiro atoms. The number of hydrogen-bond acceptors (Lipinski definition) is 9. The highest BCUT2D eigenvalue weighted by Gasteiger charge is 2.60. The van der Waals surface area contributed by atoms with E-state index in [9.17, 15) is 29.6 Å². The van der Waals surface area contributed by atoms with E-state index in [0.717, 1.165) is 0 Å². The fraction of sp³-hybridized carbons (Fsp3) is 0.241. The predicted molar refractivity (Wildman–Crippen MR) is 148 cm³/mol. The third-order valence-corrected chi connectivity index (χ3v) is 8.75. The second-order valence-electron chi connectivity index (χ2n) is 10.1. The first-order valence-corrected chi connectivity index (χ1v) is 13.7. The van der Waals surface area contributed by atoms with Gasteiger partial charge in [0.15, 0.2) is 0 Å². The number of nitro groups is 1. The van der Waals surface area contributed by atoms with E-state index in [1.54, 1.807) is 41.8 Å². The molecule has 0 bridgehead atoms. The largest absolute Gasteiger partial charge is 0.456 e. The van der Waals surface area contributed by atoms with Crippen molar-refractivity contribution < 1.29 is 29.2 Å². The molecule has 6 rings (SSSR count). The van der Waals surface area contributed by atoms with Crippen LogP contribution in [0.3, 0.4) is 0 Å². The molecule has 2 aromatic carbocycles. The summed E-state index contributed by atoms with van der Waals surface area (Å²) in [5.41, 5.74) is 1.93. The van der Waals surface area contributed by atoms with Crippen molar-refractivity contribution in [2.24, 2.45) is 11.8 Å². The van der Waals surface area contributed by atoms with E-state index in [1.807, 2.05) is 13.0 Å². The molecule has 2 aliphatic heterocycles. The van der Waals surface area contributed by atoms with Crippen LogP contribution in [-0.2, 0) is 20.9 Å². The van der Waals surface area contributed by atoms with Crippen LogP contribution < -0.4 is 0 Å². The van der Waals surface area contributed by atoms with Crippen LogP contribution in [0.4, 0.5) is 5.69 Å². The number of thiazole rings is 1. The van der Waals surface area contributed by atoms with E-state index < -0.39 is 29.0 Å². The summed E-state index contributed by atoms with van der Waals surface area (Å²) in [5, 5.41) is 21.3. The number of ketones is 1. The molecule has 0 unspecified atom stereocenters. The highest BCUT2D eigenvalue weighted by Crippen LogP contribution is 2.52. The van der Waals surface area contributed by atoms with E-state index in [0.29, 0.717) is 26.4 Å². The van der Waals surface area contributed by atoms with Crippen molar-refractivity contribution in [3.63, 3.8) is 0 Å². The number of carbonyl (C=O) groups excluding carboxylic acids is 3. The Labute approximate surface area is 237 Å². The Morgan fingerprint density at radius 3 is 2.54 bits per heavy atom. The standard InChI is InChI=1S/C29H24N4O7S/c1-15-21(20-12-31-14-30-23(28(31)41-20)26(35)18-6-4-3-5-7-18)25(32-24(15)22(16(2)34)27(32)36)29(37)40-13-17-8-10-19(11-9-17)33(38)39/h3-12,14-16,22,24,34H,13H2,1-2H3/t15-,16+,22+,24+/m0/s1. The van der Waals surface area contributed by atoms with Crippen molar-refractivity contribution >= 4 is 45.1 Å². The summed E-state index contributed by atoms with van der Waals surface area (Å²) < 4.78 is 7.31. The van der Waals surface area contributed by atoms with Crippen molar-refractivity contribution in [3.05, 3.63) is 105 Å². The first kappa shape index (κ1) is 26.5. The number of hydrogen-bond donors (Lipinski definition) is 1. The average Bonchev–Trinajstić information content (AvgIpc) is 3.61. The van der Waals surface area contributed by atoms with Crippen LogP contribution in [0.5, 0.6) is 0 Å². The molecule has 1 amide bonds. The summed E-state index contributed by atoms with van der Waals surface area (Å²) in [4.78, 5) is 57.2. The lowest BCUT2D eigenvalue weighted by atomic mass is 9.77. The third kappa shape index (κ3) is 4.32. The number of fused-ring (bicyclic) bond motifs is 2. The number of aliphatic hydroxyl groups excluding tert-OH is 1. The number of amides is 1. The van der Waals surface area contributed by atoms with E-state index in [1.165, 1.54) is 46.8 Å². The molecule has 4 heterocycles. The van der Waals surface area contributed by atoms with E-state index in [4.69, 9.17) is 4.74 Å². The number of esters is 1. The second kappa shape index (κ2) is 10.1. The smallest absolute Gasteiger partial charge is 0.355 e. The van der Waals surface area contributed by atoms with Gasteiger partial charge in [-0.3, -0.25) is 24.1 Å². The van der Waals surface area contributed by atoms with Crippen LogP contribution >= 0.6 is 11.3 Å². The number of carbonyl (C=O) groups is 3. The minimum Gasteiger partial charge on any atom is -0.456 e. The van der Waals surface area contributed by atoms with Gasteiger partial charge in [0.1, 0.15) is 29.2 Å². The molecule has 11 nitrogen and oxygen atoms in total. The molecule has 1 N–H and O–H groups in total. The SMILES string of the molecule is C[C@@H](O)[C@H]1C(=O)N2C(C(=O)OCc3ccc([N+](=O)[O-])cc3)=C(c3cn4cnc(C(=O)c5ccccc5)c4s3)[C@H](C)[C@H]12. The van der Waals surface area contributed by atoms with Gasteiger partial charge in [0.05, 0.1) is 27.9 Å². The van der Waals surface area contributed by atoms with Gasteiger partial charge in [-0.25, -0.2) is 9.78 Å². The normalized spacial score (nSPS) is 20.6. The minimum absolute atomic E-state index is 0.0819. The van der Waals surface area contributed by atoms with Crippen molar-refractivity contribution in [1.82, 2.24) is 14.3 Å². The molecular weight excluding hydrogens is 548 g/mol. The predicted octanol–water partition coefficient (Wildman–Crippen LogP) is 3.85. The number of imidazole rings is 1. The maximum Gasteiger partial charge on any atom is 0.355 e. The fourth-order valence-electron chi connectivity index (χ4n) is 5.62. The van der Waals surface area contributed by atoms with E-state index in [-0.39, 0.29) is 41.3 Å². The molecule has 4 atom stereocenters. The average molecular weight is 573 g/mol. The van der Waals surface area contributed by atoms with Crippen LogP contribution in [0.15, 0.2) is 72.8 Å². The summed E-state index contributed by atoms with van der Waals surface area (Å²) in [5.74, 6) is -2.28. The van der Waals surface area contributed by atoms with E-state index in [2.05, 4.69) is 4.98 Å². The molecule has 41 heavy (non-hydrogen) atoms. The lowest BCUT2D eigenvalue weighted by molar-refractivity contribution is -0.384. The zero-order valence-electron chi connectivity index (χ0n) is 22.0. The van der Waals surface area contributed by atoms with Gasteiger partial charge in [-0.2, -0.15) is 0 Å². The van der Waals surface area contributed by atoms with Crippen molar-refractivity contribution in [3.8, 4) is 0 Å². The fourth-order valence-corrected chi connectivity index (χ4v) is 6.84. The monoisotopic (exact) mass is 572 g/mol. The lowest BCUT2D eigenvalue weighted by Gasteiger charge is -2.46. The summed E-state index contributed by atoms with van der Waals surface area (Å²) in [6.45, 7) is 3.30. The van der Waals surface area contributed by atoms with Gasteiger partial charge in [0, 0.05) is 35.4 Å². The summed E-state index contributed by atoms with van der Waals surface area (Å²) in [6.07, 6.45) is 2.41. The van der Waals surface area contributed by atoms with Crippen molar-refractivity contribution in [2.45, 2.75) is 32.6 Å². The molecule has 0 radical (unpaired) electrons. The third-order valence-electron chi connectivity index (χ3n) is 7.61.